The molecule has 1 unspecified atom stereocenters. The lowest BCUT2D eigenvalue weighted by Gasteiger charge is -2.33. The van der Waals surface area contributed by atoms with Gasteiger partial charge in [0.1, 0.15) is 4.60 Å². The van der Waals surface area contributed by atoms with E-state index in [1.165, 1.54) is 0 Å². The van der Waals surface area contributed by atoms with E-state index in [9.17, 15) is 9.90 Å². The van der Waals surface area contributed by atoms with E-state index >= 15 is 0 Å². The van der Waals surface area contributed by atoms with Crippen molar-refractivity contribution >= 4 is 21.8 Å². The molecule has 1 aromatic heterocycles. The van der Waals surface area contributed by atoms with Crippen molar-refractivity contribution in [2.45, 2.75) is 38.3 Å². The third-order valence-corrected chi connectivity index (χ3v) is 3.77. The molecule has 0 radical (unpaired) electrons. The number of carbonyl (C=O) groups is 1. The Morgan fingerprint density at radius 1 is 1.56 bits per heavy atom. The molecule has 1 amide bonds. The van der Waals surface area contributed by atoms with Gasteiger partial charge in [0.2, 0.25) is 0 Å². The van der Waals surface area contributed by atoms with Crippen LogP contribution in [0.3, 0.4) is 0 Å². The summed E-state index contributed by atoms with van der Waals surface area (Å²) in [6.45, 7) is 4.20. The highest BCUT2D eigenvalue weighted by atomic mass is 79.9. The van der Waals surface area contributed by atoms with Crippen LogP contribution in [0, 0.1) is 0 Å². The third kappa shape index (κ3) is 2.72. The molecule has 1 fully saturated rings. The molecule has 2 rings (SSSR count). The van der Waals surface area contributed by atoms with Gasteiger partial charge in [-0.3, -0.25) is 4.79 Å². The Morgan fingerprint density at radius 2 is 2.28 bits per heavy atom. The highest BCUT2D eigenvalue weighted by Crippen LogP contribution is 2.28. The van der Waals surface area contributed by atoms with Crippen LogP contribution >= 0.6 is 15.9 Å². The van der Waals surface area contributed by atoms with Gasteiger partial charge in [0, 0.05) is 12.7 Å². The SMILES string of the molecule is CC(C)(O)C1CCCN1C(=O)c1ccc(Br)nc1. The Morgan fingerprint density at radius 3 is 2.83 bits per heavy atom. The number of rotatable bonds is 2. The first-order valence-corrected chi connectivity index (χ1v) is 6.84. The molecule has 1 N–H and O–H groups in total. The largest absolute Gasteiger partial charge is 0.388 e. The molecule has 18 heavy (non-hydrogen) atoms. The zero-order chi connectivity index (χ0) is 13.3. The minimum Gasteiger partial charge on any atom is -0.388 e. The molecule has 4 nitrogen and oxygen atoms in total. The summed E-state index contributed by atoms with van der Waals surface area (Å²) < 4.78 is 0.708. The van der Waals surface area contributed by atoms with Gasteiger partial charge in [-0.2, -0.15) is 0 Å². The van der Waals surface area contributed by atoms with E-state index in [0.717, 1.165) is 12.8 Å². The average molecular weight is 313 g/mol. The summed E-state index contributed by atoms with van der Waals surface area (Å²) >= 11 is 3.25. The molecule has 0 spiro atoms. The smallest absolute Gasteiger partial charge is 0.255 e. The molecule has 98 valence electrons. The Kier molecular flexibility index (Phi) is 3.73. The van der Waals surface area contributed by atoms with Crippen molar-refractivity contribution in [1.29, 1.82) is 0 Å². The zero-order valence-corrected chi connectivity index (χ0v) is 12.1. The fraction of sp³-hybridized carbons (Fsp3) is 0.538. The van der Waals surface area contributed by atoms with E-state index in [2.05, 4.69) is 20.9 Å². The summed E-state index contributed by atoms with van der Waals surface area (Å²) in [5.41, 5.74) is -0.302. The maximum atomic E-state index is 12.4. The lowest BCUT2D eigenvalue weighted by molar-refractivity contribution is 0.000318. The summed E-state index contributed by atoms with van der Waals surface area (Å²) in [5.74, 6) is -0.0559. The maximum absolute atomic E-state index is 12.4. The van der Waals surface area contributed by atoms with Gasteiger partial charge in [-0.05, 0) is 54.8 Å². The van der Waals surface area contributed by atoms with E-state index in [0.29, 0.717) is 16.7 Å². The van der Waals surface area contributed by atoms with Gasteiger partial charge in [0.25, 0.3) is 5.91 Å². The lowest BCUT2D eigenvalue weighted by atomic mass is 9.96. The molecule has 0 bridgehead atoms. The minimum absolute atomic E-state index is 0.0559. The summed E-state index contributed by atoms with van der Waals surface area (Å²) in [4.78, 5) is 18.2. The second-order valence-electron chi connectivity index (χ2n) is 5.18. The number of likely N-dealkylation sites (tertiary alicyclic amines) is 1. The van der Waals surface area contributed by atoms with Gasteiger partial charge >= 0.3 is 0 Å². The van der Waals surface area contributed by atoms with Crippen molar-refractivity contribution in [3.05, 3.63) is 28.5 Å². The molecule has 0 aliphatic carbocycles. The normalized spacial score (nSPS) is 20.2. The van der Waals surface area contributed by atoms with Crippen molar-refractivity contribution in [3.8, 4) is 0 Å². The molecule has 1 saturated heterocycles. The van der Waals surface area contributed by atoms with Crippen LogP contribution in [0.4, 0.5) is 0 Å². The van der Waals surface area contributed by atoms with Crippen molar-refractivity contribution < 1.29 is 9.90 Å². The average Bonchev–Trinajstić information content (AvgIpc) is 2.77. The fourth-order valence-electron chi connectivity index (χ4n) is 2.41. The summed E-state index contributed by atoms with van der Waals surface area (Å²) in [5, 5.41) is 10.1. The van der Waals surface area contributed by atoms with E-state index in [1.54, 1.807) is 37.1 Å². The number of hydrogen-bond donors (Lipinski definition) is 1. The number of carbonyl (C=O) groups excluding carboxylic acids is 1. The van der Waals surface area contributed by atoms with Gasteiger partial charge in [-0.15, -0.1) is 0 Å². The standard InChI is InChI=1S/C13H17BrN2O2/c1-13(2,18)10-4-3-7-16(10)12(17)9-5-6-11(14)15-8-9/h5-6,8,10,18H,3-4,7H2,1-2H3. The highest BCUT2D eigenvalue weighted by molar-refractivity contribution is 9.10. The van der Waals surface area contributed by atoms with Gasteiger partial charge in [0.15, 0.2) is 0 Å². The molecule has 0 aromatic carbocycles. The summed E-state index contributed by atoms with van der Waals surface area (Å²) in [7, 11) is 0. The fourth-order valence-corrected chi connectivity index (χ4v) is 2.65. The lowest BCUT2D eigenvalue weighted by Crippen LogP contribution is -2.48. The van der Waals surface area contributed by atoms with Crippen LogP contribution in [0.15, 0.2) is 22.9 Å². The number of hydrogen-bond acceptors (Lipinski definition) is 3. The van der Waals surface area contributed by atoms with Crippen LogP contribution in [-0.2, 0) is 0 Å². The predicted octanol–water partition coefficient (Wildman–Crippen LogP) is 2.22. The van der Waals surface area contributed by atoms with Crippen molar-refractivity contribution in [2.75, 3.05) is 6.54 Å². The number of halogens is 1. The van der Waals surface area contributed by atoms with Crippen LogP contribution in [0.1, 0.15) is 37.0 Å². The van der Waals surface area contributed by atoms with Crippen LogP contribution in [-0.4, -0.2) is 39.1 Å². The topological polar surface area (TPSA) is 53.4 Å². The quantitative estimate of drug-likeness (QED) is 0.852. The molecule has 1 aliphatic heterocycles. The van der Waals surface area contributed by atoms with E-state index < -0.39 is 5.60 Å². The number of aromatic nitrogens is 1. The maximum Gasteiger partial charge on any atom is 0.255 e. The molecule has 0 saturated carbocycles. The minimum atomic E-state index is -0.866. The van der Waals surface area contributed by atoms with Crippen molar-refractivity contribution in [2.24, 2.45) is 0 Å². The van der Waals surface area contributed by atoms with E-state index in [1.807, 2.05) is 0 Å². The molecular weight excluding hydrogens is 296 g/mol. The van der Waals surface area contributed by atoms with Crippen LogP contribution < -0.4 is 0 Å². The number of amides is 1. The second-order valence-corrected chi connectivity index (χ2v) is 5.99. The van der Waals surface area contributed by atoms with E-state index in [-0.39, 0.29) is 11.9 Å². The van der Waals surface area contributed by atoms with Gasteiger partial charge in [0.05, 0.1) is 17.2 Å². The number of aliphatic hydroxyl groups is 1. The second kappa shape index (κ2) is 4.97. The Hall–Kier alpha value is -0.940. The first kappa shape index (κ1) is 13.5. The number of pyridine rings is 1. The first-order chi connectivity index (χ1) is 8.39. The molecular formula is C13H17BrN2O2. The first-order valence-electron chi connectivity index (χ1n) is 6.04. The molecule has 1 aromatic rings. The van der Waals surface area contributed by atoms with Crippen LogP contribution in [0.5, 0.6) is 0 Å². The van der Waals surface area contributed by atoms with E-state index in [4.69, 9.17) is 0 Å². The molecule has 1 aliphatic rings. The molecule has 5 heteroatoms. The highest BCUT2D eigenvalue weighted by Gasteiger charge is 2.38. The monoisotopic (exact) mass is 312 g/mol. The molecule has 2 heterocycles. The predicted molar refractivity (Wildman–Crippen MR) is 72.3 cm³/mol. The van der Waals surface area contributed by atoms with Gasteiger partial charge in [-0.1, -0.05) is 0 Å². The summed E-state index contributed by atoms with van der Waals surface area (Å²) in [6.07, 6.45) is 3.34. The van der Waals surface area contributed by atoms with Crippen LogP contribution in [0.2, 0.25) is 0 Å². The third-order valence-electron chi connectivity index (χ3n) is 3.30. The Balaban J connectivity index is 2.20. The van der Waals surface area contributed by atoms with Crippen molar-refractivity contribution in [1.82, 2.24) is 9.88 Å². The molecule has 1 atom stereocenters. The summed E-state index contributed by atoms with van der Waals surface area (Å²) in [6, 6.07) is 3.38. The van der Waals surface area contributed by atoms with Crippen LogP contribution in [0.25, 0.3) is 0 Å². The zero-order valence-electron chi connectivity index (χ0n) is 10.6. The van der Waals surface area contributed by atoms with Gasteiger partial charge in [-0.25, -0.2) is 4.98 Å². The Bertz CT molecular complexity index is 439. The Labute approximate surface area is 115 Å². The van der Waals surface area contributed by atoms with Gasteiger partial charge < -0.3 is 10.0 Å². The number of nitrogens with zero attached hydrogens (tertiary/aromatic N) is 2. The van der Waals surface area contributed by atoms with Crippen molar-refractivity contribution in [3.63, 3.8) is 0 Å².